The zero-order chi connectivity index (χ0) is 15.5. The number of hydrogen-bond acceptors (Lipinski definition) is 5. The lowest BCUT2D eigenvalue weighted by molar-refractivity contribution is 0.276. The van der Waals surface area contributed by atoms with Gasteiger partial charge in [-0.2, -0.15) is 0 Å². The highest BCUT2D eigenvalue weighted by Crippen LogP contribution is 2.32. The van der Waals surface area contributed by atoms with Gasteiger partial charge in [0, 0.05) is 32.9 Å². The summed E-state index contributed by atoms with van der Waals surface area (Å²) in [5, 5.41) is 8.17. The molecule has 0 aliphatic carbocycles. The van der Waals surface area contributed by atoms with Crippen LogP contribution < -0.4 is 9.47 Å². The van der Waals surface area contributed by atoms with Crippen molar-refractivity contribution in [2.24, 2.45) is 7.05 Å². The quantitative estimate of drug-likeness (QED) is 0.855. The summed E-state index contributed by atoms with van der Waals surface area (Å²) in [7, 11) is 5.26. The van der Waals surface area contributed by atoms with Gasteiger partial charge in [0.25, 0.3) is 0 Å². The molecule has 0 saturated carbocycles. The van der Waals surface area contributed by atoms with Gasteiger partial charge in [0.2, 0.25) is 0 Å². The van der Waals surface area contributed by atoms with Crippen molar-refractivity contribution in [1.82, 2.24) is 19.9 Å². The molecule has 0 unspecified atom stereocenters. The molecule has 1 aromatic heterocycles. The van der Waals surface area contributed by atoms with Crippen LogP contribution in [-0.4, -0.2) is 47.2 Å². The molecule has 6 nitrogen and oxygen atoms in total. The van der Waals surface area contributed by atoms with Gasteiger partial charge in [-0.1, -0.05) is 5.21 Å². The smallest absolute Gasteiger partial charge is 0.161 e. The second kappa shape index (κ2) is 6.36. The number of nitrogens with zero attached hydrogens (tertiary/aromatic N) is 4. The Balaban J connectivity index is 1.74. The van der Waals surface area contributed by atoms with Crippen LogP contribution in [0.4, 0.5) is 0 Å². The van der Waals surface area contributed by atoms with Crippen LogP contribution in [0.1, 0.15) is 16.8 Å². The number of aryl methyl sites for hydroxylation is 1. The van der Waals surface area contributed by atoms with Crippen LogP contribution in [0.15, 0.2) is 18.3 Å². The van der Waals surface area contributed by atoms with Crippen molar-refractivity contribution in [3.8, 4) is 11.5 Å². The second-order valence-electron chi connectivity index (χ2n) is 5.64. The zero-order valence-electron chi connectivity index (χ0n) is 13.4. The van der Waals surface area contributed by atoms with E-state index < -0.39 is 0 Å². The third kappa shape index (κ3) is 3.06. The Kier molecular flexibility index (Phi) is 4.29. The largest absolute Gasteiger partial charge is 0.493 e. The van der Waals surface area contributed by atoms with Crippen LogP contribution in [0, 0.1) is 0 Å². The van der Waals surface area contributed by atoms with E-state index >= 15 is 0 Å². The first kappa shape index (κ1) is 14.8. The molecule has 1 aromatic carbocycles. The molecule has 0 radical (unpaired) electrons. The molecule has 118 valence electrons. The Hall–Kier alpha value is -2.08. The number of fused-ring (bicyclic) bond motifs is 1. The number of aromatic nitrogens is 3. The first-order valence-corrected chi connectivity index (χ1v) is 7.51. The summed E-state index contributed by atoms with van der Waals surface area (Å²) in [5.74, 6) is 1.62. The van der Waals surface area contributed by atoms with Crippen LogP contribution >= 0.6 is 0 Å². The molecule has 0 fully saturated rings. The minimum Gasteiger partial charge on any atom is -0.493 e. The normalized spacial score (nSPS) is 15.2. The van der Waals surface area contributed by atoms with Crippen molar-refractivity contribution in [2.45, 2.75) is 19.4 Å². The summed E-state index contributed by atoms with van der Waals surface area (Å²) in [6.07, 6.45) is 4.00. The minimum atomic E-state index is 0.809. The molecule has 6 heteroatoms. The summed E-state index contributed by atoms with van der Waals surface area (Å²) in [6, 6.07) is 4.22. The summed E-state index contributed by atoms with van der Waals surface area (Å²) < 4.78 is 12.6. The van der Waals surface area contributed by atoms with E-state index in [9.17, 15) is 0 Å². The molecule has 0 N–H and O–H groups in total. The predicted molar refractivity (Wildman–Crippen MR) is 83.2 cm³/mol. The Labute approximate surface area is 130 Å². The second-order valence-corrected chi connectivity index (χ2v) is 5.64. The van der Waals surface area contributed by atoms with Crippen molar-refractivity contribution in [2.75, 3.05) is 27.3 Å². The van der Waals surface area contributed by atoms with Gasteiger partial charge in [0.1, 0.15) is 0 Å². The van der Waals surface area contributed by atoms with E-state index in [1.54, 1.807) is 18.9 Å². The van der Waals surface area contributed by atoms with E-state index in [4.69, 9.17) is 9.47 Å². The topological polar surface area (TPSA) is 52.4 Å². The summed E-state index contributed by atoms with van der Waals surface area (Å²) in [5.41, 5.74) is 3.71. The highest BCUT2D eigenvalue weighted by Gasteiger charge is 2.18. The lowest BCUT2D eigenvalue weighted by Crippen LogP contribution is -2.26. The maximum atomic E-state index is 5.41. The Bertz CT molecular complexity index is 619. The van der Waals surface area contributed by atoms with Crippen LogP contribution in [0.2, 0.25) is 0 Å². The van der Waals surface area contributed by atoms with E-state index in [2.05, 4.69) is 27.3 Å². The van der Waals surface area contributed by atoms with Gasteiger partial charge in [-0.3, -0.25) is 9.58 Å². The van der Waals surface area contributed by atoms with E-state index in [0.717, 1.165) is 49.7 Å². The predicted octanol–water partition coefficient (Wildman–Crippen LogP) is 1.43. The maximum Gasteiger partial charge on any atom is 0.161 e. The Morgan fingerprint density at radius 1 is 1.05 bits per heavy atom. The summed E-state index contributed by atoms with van der Waals surface area (Å²) in [4.78, 5) is 2.42. The third-order valence-electron chi connectivity index (χ3n) is 4.14. The first-order chi connectivity index (χ1) is 10.7. The molecule has 0 bridgehead atoms. The van der Waals surface area contributed by atoms with Crippen molar-refractivity contribution >= 4 is 0 Å². The fourth-order valence-electron chi connectivity index (χ4n) is 2.95. The van der Waals surface area contributed by atoms with Crippen molar-refractivity contribution < 1.29 is 9.47 Å². The summed E-state index contributed by atoms with van der Waals surface area (Å²) in [6.45, 7) is 2.87. The SMILES string of the molecule is COc1cc2c(cc1OC)CCN(Cc1cn(C)nn1)CC2. The van der Waals surface area contributed by atoms with Crippen LogP contribution in [0.3, 0.4) is 0 Å². The van der Waals surface area contributed by atoms with E-state index in [1.165, 1.54) is 11.1 Å². The lowest BCUT2D eigenvalue weighted by atomic mass is 10.0. The van der Waals surface area contributed by atoms with Crippen molar-refractivity contribution in [3.05, 3.63) is 35.2 Å². The standard InChI is InChI=1S/C16H22N4O2/c1-19-10-14(17-18-19)11-20-6-4-12-8-15(21-2)16(22-3)9-13(12)5-7-20/h8-10H,4-7,11H2,1-3H3. The molecule has 2 heterocycles. The summed E-state index contributed by atoms with van der Waals surface area (Å²) >= 11 is 0. The van der Waals surface area contributed by atoms with Gasteiger partial charge in [0.05, 0.1) is 19.9 Å². The van der Waals surface area contributed by atoms with Crippen LogP contribution in [0.5, 0.6) is 11.5 Å². The molecule has 1 aliphatic rings. The van der Waals surface area contributed by atoms with Gasteiger partial charge in [-0.25, -0.2) is 0 Å². The van der Waals surface area contributed by atoms with Crippen LogP contribution in [0.25, 0.3) is 0 Å². The highest BCUT2D eigenvalue weighted by atomic mass is 16.5. The minimum absolute atomic E-state index is 0.809. The maximum absolute atomic E-state index is 5.41. The number of methoxy groups -OCH3 is 2. The molecule has 0 atom stereocenters. The molecular formula is C16H22N4O2. The fraction of sp³-hybridized carbons (Fsp3) is 0.500. The lowest BCUT2D eigenvalue weighted by Gasteiger charge is -2.17. The molecule has 0 spiro atoms. The molecule has 0 saturated heterocycles. The fourth-order valence-corrected chi connectivity index (χ4v) is 2.95. The number of hydrogen-bond donors (Lipinski definition) is 0. The van der Waals surface area contributed by atoms with Gasteiger partial charge in [-0.15, -0.1) is 5.10 Å². The van der Waals surface area contributed by atoms with Crippen molar-refractivity contribution in [3.63, 3.8) is 0 Å². The molecule has 22 heavy (non-hydrogen) atoms. The first-order valence-electron chi connectivity index (χ1n) is 7.51. The number of rotatable bonds is 4. The van der Waals surface area contributed by atoms with E-state index in [1.807, 2.05) is 13.2 Å². The average molecular weight is 302 g/mol. The van der Waals surface area contributed by atoms with Gasteiger partial charge in [-0.05, 0) is 36.1 Å². The Morgan fingerprint density at radius 3 is 2.09 bits per heavy atom. The van der Waals surface area contributed by atoms with Gasteiger partial charge in [0.15, 0.2) is 11.5 Å². The zero-order valence-corrected chi connectivity index (χ0v) is 13.4. The average Bonchev–Trinajstić information content (AvgIpc) is 2.83. The number of ether oxygens (including phenoxy) is 2. The molecule has 0 amide bonds. The molecule has 1 aliphatic heterocycles. The van der Waals surface area contributed by atoms with Crippen molar-refractivity contribution in [1.29, 1.82) is 0 Å². The molecule has 3 rings (SSSR count). The van der Waals surface area contributed by atoms with E-state index in [-0.39, 0.29) is 0 Å². The van der Waals surface area contributed by atoms with Gasteiger partial charge < -0.3 is 9.47 Å². The third-order valence-corrected chi connectivity index (χ3v) is 4.14. The monoisotopic (exact) mass is 302 g/mol. The van der Waals surface area contributed by atoms with Gasteiger partial charge >= 0.3 is 0 Å². The molecule has 2 aromatic rings. The Morgan fingerprint density at radius 2 is 1.64 bits per heavy atom. The highest BCUT2D eigenvalue weighted by molar-refractivity contribution is 5.48. The van der Waals surface area contributed by atoms with E-state index in [0.29, 0.717) is 0 Å². The van der Waals surface area contributed by atoms with Crippen LogP contribution in [-0.2, 0) is 26.4 Å². The molecular weight excluding hydrogens is 280 g/mol. The number of benzene rings is 1.